The summed E-state index contributed by atoms with van der Waals surface area (Å²) in [4.78, 5) is 1.81. The highest BCUT2D eigenvalue weighted by Crippen LogP contribution is 2.30. The van der Waals surface area contributed by atoms with Crippen LogP contribution in [-0.2, 0) is 0 Å². The molecule has 1 rings (SSSR count). The van der Waals surface area contributed by atoms with Crippen LogP contribution in [0.2, 0.25) is 0 Å². The van der Waals surface area contributed by atoms with E-state index in [4.69, 9.17) is 5.73 Å². The molecule has 0 bridgehead atoms. The third kappa shape index (κ3) is 7.03. The van der Waals surface area contributed by atoms with Crippen molar-refractivity contribution in [2.45, 2.75) is 31.5 Å². The zero-order valence-electron chi connectivity index (χ0n) is 10.6. The molecule has 0 aromatic heterocycles. The number of nitrogens with one attached hydrogen (secondary N) is 1. The van der Waals surface area contributed by atoms with Crippen molar-refractivity contribution in [1.29, 1.82) is 0 Å². The van der Waals surface area contributed by atoms with Gasteiger partial charge >= 0.3 is 6.18 Å². The van der Waals surface area contributed by atoms with Gasteiger partial charge in [0.05, 0.1) is 6.54 Å². The molecule has 0 amide bonds. The summed E-state index contributed by atoms with van der Waals surface area (Å²) in [6.07, 6.45) is -7.32. The minimum Gasteiger partial charge on any atom is -0.329 e. The minimum absolute atomic E-state index is 0.271. The van der Waals surface area contributed by atoms with Crippen molar-refractivity contribution in [3.8, 4) is 0 Å². The zero-order chi connectivity index (χ0) is 14.5. The number of piperidine rings is 1. The van der Waals surface area contributed by atoms with E-state index in [1.54, 1.807) is 0 Å². The molecule has 3 N–H and O–H groups in total. The summed E-state index contributed by atoms with van der Waals surface area (Å²) in [5.41, 5.74) is 5.40. The fourth-order valence-corrected chi connectivity index (χ4v) is 2.55. The lowest BCUT2D eigenvalue weighted by atomic mass is 9.91. The first-order valence-corrected chi connectivity index (χ1v) is 6.31. The zero-order valence-corrected chi connectivity index (χ0v) is 10.6. The highest BCUT2D eigenvalue weighted by molar-refractivity contribution is 4.85. The molecule has 1 aliphatic rings. The maximum atomic E-state index is 12.4. The average Bonchev–Trinajstić information content (AvgIpc) is 2.24. The molecule has 2 atom stereocenters. The molecule has 8 heteroatoms. The SMILES string of the molecule is NCCN1CC(CC(F)(F)F)CC(NCC(F)F)C1. The normalized spacial score (nSPS) is 26.1. The molecule has 3 nitrogen and oxygen atoms in total. The summed E-state index contributed by atoms with van der Waals surface area (Å²) < 4.78 is 61.5. The fraction of sp³-hybridized carbons (Fsp3) is 1.00. The first kappa shape index (κ1) is 16.6. The van der Waals surface area contributed by atoms with Gasteiger partial charge in [-0.15, -0.1) is 0 Å². The van der Waals surface area contributed by atoms with Gasteiger partial charge in [-0.3, -0.25) is 0 Å². The standard InChI is InChI=1S/C11H20F5N3/c12-10(13)5-18-9-3-8(4-11(14,15)16)6-19(7-9)2-1-17/h8-10,18H,1-7,17H2. The van der Waals surface area contributed by atoms with E-state index in [1.807, 2.05) is 4.90 Å². The Kier molecular flexibility index (Phi) is 6.41. The van der Waals surface area contributed by atoms with E-state index < -0.39 is 31.5 Å². The van der Waals surface area contributed by atoms with Crippen LogP contribution in [0.25, 0.3) is 0 Å². The molecular formula is C11H20F5N3. The van der Waals surface area contributed by atoms with Crippen molar-refractivity contribution in [2.75, 3.05) is 32.7 Å². The molecule has 114 valence electrons. The molecule has 0 saturated carbocycles. The van der Waals surface area contributed by atoms with Crippen LogP contribution in [0, 0.1) is 5.92 Å². The van der Waals surface area contributed by atoms with Gasteiger partial charge in [0.1, 0.15) is 0 Å². The average molecular weight is 289 g/mol. The van der Waals surface area contributed by atoms with Crippen molar-refractivity contribution >= 4 is 0 Å². The maximum absolute atomic E-state index is 12.4. The van der Waals surface area contributed by atoms with Gasteiger partial charge in [0.15, 0.2) is 0 Å². The Bertz CT molecular complexity index is 259. The summed E-state index contributed by atoms with van der Waals surface area (Å²) in [6, 6.07) is -0.332. The second kappa shape index (κ2) is 7.35. The van der Waals surface area contributed by atoms with Crippen LogP contribution in [0.4, 0.5) is 22.0 Å². The topological polar surface area (TPSA) is 41.3 Å². The van der Waals surface area contributed by atoms with Crippen LogP contribution in [0.5, 0.6) is 0 Å². The maximum Gasteiger partial charge on any atom is 0.389 e. The molecule has 0 aliphatic carbocycles. The quantitative estimate of drug-likeness (QED) is 0.727. The second-order valence-corrected chi connectivity index (χ2v) is 4.97. The lowest BCUT2D eigenvalue weighted by molar-refractivity contribution is -0.148. The van der Waals surface area contributed by atoms with Gasteiger partial charge in [-0.2, -0.15) is 13.2 Å². The van der Waals surface area contributed by atoms with E-state index in [-0.39, 0.29) is 12.5 Å². The number of halogens is 5. The fourth-order valence-electron chi connectivity index (χ4n) is 2.55. The number of rotatable bonds is 6. The van der Waals surface area contributed by atoms with Crippen molar-refractivity contribution in [1.82, 2.24) is 10.2 Å². The van der Waals surface area contributed by atoms with Gasteiger partial charge in [0.25, 0.3) is 6.43 Å². The van der Waals surface area contributed by atoms with E-state index in [0.29, 0.717) is 26.2 Å². The minimum atomic E-state index is -4.22. The smallest absolute Gasteiger partial charge is 0.329 e. The Balaban J connectivity index is 2.52. The molecule has 1 aliphatic heterocycles. The van der Waals surface area contributed by atoms with Crippen molar-refractivity contribution in [2.24, 2.45) is 11.7 Å². The summed E-state index contributed by atoms with van der Waals surface area (Å²) in [5, 5.41) is 2.63. The van der Waals surface area contributed by atoms with Crippen molar-refractivity contribution in [3.63, 3.8) is 0 Å². The molecule has 2 unspecified atom stereocenters. The van der Waals surface area contributed by atoms with E-state index in [1.165, 1.54) is 0 Å². The lowest BCUT2D eigenvalue weighted by Gasteiger charge is -2.38. The van der Waals surface area contributed by atoms with E-state index in [9.17, 15) is 22.0 Å². The first-order valence-electron chi connectivity index (χ1n) is 6.31. The Morgan fingerprint density at radius 3 is 2.47 bits per heavy atom. The van der Waals surface area contributed by atoms with Crippen LogP contribution < -0.4 is 11.1 Å². The predicted octanol–water partition coefficient (Wildman–Crippen LogP) is 1.44. The number of likely N-dealkylation sites (tertiary alicyclic amines) is 1. The van der Waals surface area contributed by atoms with Gasteiger partial charge in [0.2, 0.25) is 0 Å². The van der Waals surface area contributed by atoms with Crippen LogP contribution >= 0.6 is 0 Å². The highest BCUT2D eigenvalue weighted by atomic mass is 19.4. The Labute approximate surface area is 109 Å². The molecule has 0 aromatic carbocycles. The highest BCUT2D eigenvalue weighted by Gasteiger charge is 2.36. The molecule has 0 spiro atoms. The van der Waals surface area contributed by atoms with E-state index >= 15 is 0 Å². The number of hydrogen-bond donors (Lipinski definition) is 2. The van der Waals surface area contributed by atoms with Gasteiger partial charge in [0, 0.05) is 38.6 Å². The van der Waals surface area contributed by atoms with Gasteiger partial charge in [-0.25, -0.2) is 8.78 Å². The molecule has 1 heterocycles. The Hall–Kier alpha value is -0.470. The molecular weight excluding hydrogens is 269 g/mol. The van der Waals surface area contributed by atoms with Crippen LogP contribution in [0.1, 0.15) is 12.8 Å². The molecule has 19 heavy (non-hydrogen) atoms. The summed E-state index contributed by atoms with van der Waals surface area (Å²) in [5.74, 6) is -0.560. The van der Waals surface area contributed by atoms with E-state index in [2.05, 4.69) is 5.32 Å². The summed E-state index contributed by atoms with van der Waals surface area (Å²) in [7, 11) is 0. The number of alkyl halides is 5. The Morgan fingerprint density at radius 2 is 1.95 bits per heavy atom. The van der Waals surface area contributed by atoms with Crippen LogP contribution in [-0.4, -0.2) is 56.3 Å². The van der Waals surface area contributed by atoms with Crippen LogP contribution in [0.3, 0.4) is 0 Å². The number of nitrogens with two attached hydrogens (primary N) is 1. The molecule has 0 aromatic rings. The third-order valence-corrected chi connectivity index (χ3v) is 3.14. The number of nitrogens with zero attached hydrogens (tertiary/aromatic N) is 1. The third-order valence-electron chi connectivity index (χ3n) is 3.14. The summed E-state index contributed by atoms with van der Waals surface area (Å²) >= 11 is 0. The predicted molar refractivity (Wildman–Crippen MR) is 62.1 cm³/mol. The van der Waals surface area contributed by atoms with Gasteiger partial charge < -0.3 is 16.0 Å². The number of hydrogen-bond acceptors (Lipinski definition) is 3. The second-order valence-electron chi connectivity index (χ2n) is 4.97. The first-order chi connectivity index (χ1) is 8.80. The van der Waals surface area contributed by atoms with Crippen molar-refractivity contribution < 1.29 is 22.0 Å². The lowest BCUT2D eigenvalue weighted by Crippen LogP contribution is -2.51. The molecule has 1 saturated heterocycles. The van der Waals surface area contributed by atoms with E-state index in [0.717, 1.165) is 0 Å². The molecule has 1 fully saturated rings. The molecule has 0 radical (unpaired) electrons. The summed E-state index contributed by atoms with van der Waals surface area (Å²) in [6.45, 7) is 1.14. The largest absolute Gasteiger partial charge is 0.389 e. The Morgan fingerprint density at radius 1 is 1.26 bits per heavy atom. The monoisotopic (exact) mass is 289 g/mol. The van der Waals surface area contributed by atoms with Gasteiger partial charge in [-0.05, 0) is 12.3 Å². The van der Waals surface area contributed by atoms with Gasteiger partial charge in [-0.1, -0.05) is 0 Å². The van der Waals surface area contributed by atoms with Crippen LogP contribution in [0.15, 0.2) is 0 Å². The van der Waals surface area contributed by atoms with Crippen molar-refractivity contribution in [3.05, 3.63) is 0 Å².